The summed E-state index contributed by atoms with van der Waals surface area (Å²) >= 11 is 0. The van der Waals surface area contributed by atoms with Crippen LogP contribution in [0.1, 0.15) is 38.9 Å². The normalized spacial score (nSPS) is 9.68. The van der Waals surface area contributed by atoms with Crippen molar-refractivity contribution in [2.45, 2.75) is 20.5 Å². The first-order valence-electron chi connectivity index (χ1n) is 7.20. The molecular formula is C17H19ClN4O3. The van der Waals surface area contributed by atoms with Crippen LogP contribution in [-0.2, 0) is 6.61 Å². The molecule has 0 radical (unpaired) electrons. The number of carbonyl (C=O) groups is 2. The Labute approximate surface area is 151 Å². The zero-order valence-corrected chi connectivity index (χ0v) is 14.7. The molecule has 132 valence electrons. The Morgan fingerprint density at radius 2 is 1.96 bits per heavy atom. The molecule has 0 unspecified atom stereocenters. The van der Waals surface area contributed by atoms with Crippen LogP contribution in [0.25, 0.3) is 0 Å². The van der Waals surface area contributed by atoms with Crippen LogP contribution >= 0.6 is 12.4 Å². The number of rotatable bonds is 5. The number of pyridine rings is 1. The predicted molar refractivity (Wildman–Crippen MR) is 97.1 cm³/mol. The van der Waals surface area contributed by atoms with Gasteiger partial charge in [0.2, 0.25) is 0 Å². The van der Waals surface area contributed by atoms with Crippen molar-refractivity contribution in [2.24, 2.45) is 16.5 Å². The lowest BCUT2D eigenvalue weighted by atomic mass is 10.1. The first-order valence-corrected chi connectivity index (χ1v) is 7.20. The Balaban J connectivity index is 0.00000312. The highest BCUT2D eigenvalue weighted by molar-refractivity contribution is 6.04. The van der Waals surface area contributed by atoms with Crippen molar-refractivity contribution in [3.8, 4) is 5.75 Å². The molecule has 1 amide bonds. The Morgan fingerprint density at radius 3 is 2.56 bits per heavy atom. The highest BCUT2D eigenvalue weighted by Crippen LogP contribution is 2.23. The molecule has 0 aliphatic carbocycles. The smallest absolute Gasteiger partial charge is 0.280 e. The second kappa shape index (κ2) is 8.79. The minimum absolute atomic E-state index is 0. The summed E-state index contributed by atoms with van der Waals surface area (Å²) in [5.41, 5.74) is 12.6. The van der Waals surface area contributed by atoms with Gasteiger partial charge in [-0.1, -0.05) is 6.07 Å². The zero-order valence-electron chi connectivity index (χ0n) is 13.9. The van der Waals surface area contributed by atoms with E-state index in [1.165, 1.54) is 19.1 Å². The van der Waals surface area contributed by atoms with Crippen LogP contribution in [0.4, 0.5) is 0 Å². The average Bonchev–Trinajstić information content (AvgIpc) is 2.53. The van der Waals surface area contributed by atoms with Crippen LogP contribution in [0.5, 0.6) is 5.75 Å². The SMILES string of the molecule is CC(=O)c1cc(C(=O)N=C(N)N)ccc1OCc1ncccc1C.Cl. The van der Waals surface area contributed by atoms with E-state index >= 15 is 0 Å². The number of hydrogen-bond acceptors (Lipinski definition) is 4. The topological polar surface area (TPSA) is 121 Å². The molecule has 7 nitrogen and oxygen atoms in total. The molecule has 0 spiro atoms. The Kier molecular flexibility index (Phi) is 7.07. The monoisotopic (exact) mass is 362 g/mol. The summed E-state index contributed by atoms with van der Waals surface area (Å²) in [6.45, 7) is 3.53. The Morgan fingerprint density at radius 1 is 1.24 bits per heavy atom. The molecule has 1 aromatic heterocycles. The quantitative estimate of drug-likeness (QED) is 0.476. The van der Waals surface area contributed by atoms with Gasteiger partial charge in [0.05, 0.1) is 11.3 Å². The van der Waals surface area contributed by atoms with Gasteiger partial charge in [-0.2, -0.15) is 4.99 Å². The van der Waals surface area contributed by atoms with E-state index in [4.69, 9.17) is 16.2 Å². The minimum atomic E-state index is -0.621. The van der Waals surface area contributed by atoms with Crippen molar-refractivity contribution >= 4 is 30.1 Å². The van der Waals surface area contributed by atoms with E-state index in [-0.39, 0.29) is 41.9 Å². The molecular weight excluding hydrogens is 344 g/mol. The molecule has 1 heterocycles. The van der Waals surface area contributed by atoms with E-state index < -0.39 is 5.91 Å². The summed E-state index contributed by atoms with van der Waals surface area (Å²) in [6, 6.07) is 8.22. The van der Waals surface area contributed by atoms with E-state index in [1.807, 2.05) is 19.1 Å². The van der Waals surface area contributed by atoms with Gasteiger partial charge in [0.25, 0.3) is 5.91 Å². The molecule has 4 N–H and O–H groups in total. The third-order valence-corrected chi connectivity index (χ3v) is 3.32. The molecule has 2 rings (SSSR count). The van der Waals surface area contributed by atoms with Gasteiger partial charge in [0.15, 0.2) is 11.7 Å². The molecule has 0 fully saturated rings. The fourth-order valence-electron chi connectivity index (χ4n) is 2.06. The molecule has 25 heavy (non-hydrogen) atoms. The van der Waals surface area contributed by atoms with Crippen LogP contribution in [0.3, 0.4) is 0 Å². The zero-order chi connectivity index (χ0) is 17.7. The number of guanidine groups is 1. The number of nitrogens with zero attached hydrogens (tertiary/aromatic N) is 2. The van der Waals surface area contributed by atoms with Gasteiger partial charge in [-0.3, -0.25) is 14.6 Å². The molecule has 8 heteroatoms. The van der Waals surface area contributed by atoms with E-state index in [2.05, 4.69) is 9.98 Å². The maximum absolute atomic E-state index is 11.9. The highest BCUT2D eigenvalue weighted by atomic mass is 35.5. The number of aryl methyl sites for hydroxylation is 1. The van der Waals surface area contributed by atoms with Crippen LogP contribution in [0.2, 0.25) is 0 Å². The van der Waals surface area contributed by atoms with Crippen molar-refractivity contribution in [1.29, 1.82) is 0 Å². The summed E-state index contributed by atoms with van der Waals surface area (Å²) in [7, 11) is 0. The van der Waals surface area contributed by atoms with E-state index in [0.717, 1.165) is 11.3 Å². The third-order valence-electron chi connectivity index (χ3n) is 3.32. The minimum Gasteiger partial charge on any atom is -0.487 e. The Bertz CT molecular complexity index is 817. The number of ketones is 1. The lowest BCUT2D eigenvalue weighted by Gasteiger charge is -2.11. The molecule has 0 atom stereocenters. The molecule has 2 aromatic rings. The molecule has 0 bridgehead atoms. The number of benzene rings is 1. The fourth-order valence-corrected chi connectivity index (χ4v) is 2.06. The number of carbonyl (C=O) groups excluding carboxylic acids is 2. The molecule has 0 saturated carbocycles. The van der Waals surface area contributed by atoms with Crippen LogP contribution in [0, 0.1) is 6.92 Å². The number of ether oxygens (including phenoxy) is 1. The Hall–Kier alpha value is -2.93. The van der Waals surface area contributed by atoms with Crippen molar-refractivity contribution in [3.63, 3.8) is 0 Å². The van der Waals surface area contributed by atoms with E-state index in [0.29, 0.717) is 5.75 Å². The maximum Gasteiger partial charge on any atom is 0.280 e. The largest absolute Gasteiger partial charge is 0.487 e. The first kappa shape index (κ1) is 20.1. The first-order chi connectivity index (χ1) is 11.4. The number of halogens is 1. The summed E-state index contributed by atoms with van der Waals surface area (Å²) in [6.07, 6.45) is 1.68. The van der Waals surface area contributed by atoms with Gasteiger partial charge in [-0.05, 0) is 43.7 Å². The summed E-state index contributed by atoms with van der Waals surface area (Å²) < 4.78 is 5.70. The maximum atomic E-state index is 11.9. The van der Waals surface area contributed by atoms with Gasteiger partial charge >= 0.3 is 0 Å². The predicted octanol–water partition coefficient (Wildman–Crippen LogP) is 2.01. The third kappa shape index (κ3) is 5.29. The lowest BCUT2D eigenvalue weighted by molar-refractivity contribution is 0.100. The molecule has 0 aliphatic heterocycles. The summed E-state index contributed by atoms with van der Waals surface area (Å²) in [5, 5.41) is 0. The number of aromatic nitrogens is 1. The van der Waals surface area contributed by atoms with Gasteiger partial charge in [-0.25, -0.2) is 0 Å². The summed E-state index contributed by atoms with van der Waals surface area (Å²) in [5.74, 6) is -0.823. The summed E-state index contributed by atoms with van der Waals surface area (Å²) in [4.78, 5) is 31.4. The van der Waals surface area contributed by atoms with E-state index in [1.54, 1.807) is 12.3 Å². The highest BCUT2D eigenvalue weighted by Gasteiger charge is 2.14. The fraction of sp³-hybridized carbons (Fsp3) is 0.176. The number of aliphatic imine (C=N–C) groups is 1. The number of Topliss-reactive ketones (excluding diaryl/α,β-unsaturated/α-hetero) is 1. The second-order valence-electron chi connectivity index (χ2n) is 5.16. The second-order valence-corrected chi connectivity index (χ2v) is 5.16. The van der Waals surface area contributed by atoms with Crippen LogP contribution in [0.15, 0.2) is 41.5 Å². The standard InChI is InChI=1S/C17H18N4O3.ClH/c1-10-4-3-7-20-14(10)9-24-15-6-5-12(8-13(15)11(2)22)16(23)21-17(18)19;/h3-8H,9H2,1-2H3,(H4,18,19,21,23);1H. The van der Waals surface area contributed by atoms with Gasteiger partial charge in [0, 0.05) is 11.8 Å². The number of nitrogens with two attached hydrogens (primary N) is 2. The van der Waals surface area contributed by atoms with Crippen molar-refractivity contribution < 1.29 is 14.3 Å². The molecule has 0 saturated heterocycles. The van der Waals surface area contributed by atoms with Gasteiger partial charge in [-0.15, -0.1) is 12.4 Å². The van der Waals surface area contributed by atoms with Crippen molar-refractivity contribution in [2.75, 3.05) is 0 Å². The lowest BCUT2D eigenvalue weighted by Crippen LogP contribution is -2.24. The molecule has 0 aliphatic rings. The van der Waals surface area contributed by atoms with E-state index in [9.17, 15) is 9.59 Å². The van der Waals surface area contributed by atoms with Gasteiger partial charge in [0.1, 0.15) is 12.4 Å². The number of hydrogen-bond donors (Lipinski definition) is 2. The van der Waals surface area contributed by atoms with Crippen LogP contribution < -0.4 is 16.2 Å². The van der Waals surface area contributed by atoms with Crippen molar-refractivity contribution in [3.05, 3.63) is 58.9 Å². The van der Waals surface area contributed by atoms with Crippen molar-refractivity contribution in [1.82, 2.24) is 4.98 Å². The average molecular weight is 363 g/mol. The van der Waals surface area contributed by atoms with Crippen LogP contribution in [-0.4, -0.2) is 22.6 Å². The molecule has 1 aromatic carbocycles. The van der Waals surface area contributed by atoms with Gasteiger partial charge < -0.3 is 16.2 Å². The number of amides is 1.